The lowest BCUT2D eigenvalue weighted by atomic mass is 10.00. The van der Waals surface area contributed by atoms with Crippen molar-refractivity contribution in [2.75, 3.05) is 0 Å². The van der Waals surface area contributed by atoms with Crippen LogP contribution >= 0.6 is 0 Å². The van der Waals surface area contributed by atoms with Gasteiger partial charge in [0.05, 0.1) is 6.04 Å². The Labute approximate surface area is 108 Å². The zero-order chi connectivity index (χ0) is 13.1. The highest BCUT2D eigenvalue weighted by atomic mass is 16.3. The van der Waals surface area contributed by atoms with Gasteiger partial charge in [-0.3, -0.25) is 5.84 Å². The van der Waals surface area contributed by atoms with Gasteiger partial charge in [0.1, 0.15) is 11.5 Å². The molecular weight excluding hydrogens is 224 g/mol. The smallest absolute Gasteiger partial charge is 0.122 e. The van der Waals surface area contributed by atoms with Gasteiger partial charge >= 0.3 is 0 Å². The zero-order valence-corrected chi connectivity index (χ0v) is 11.2. The topological polar surface area (TPSA) is 51.2 Å². The predicted molar refractivity (Wildman–Crippen MR) is 73.1 cm³/mol. The van der Waals surface area contributed by atoms with E-state index in [4.69, 9.17) is 10.3 Å². The van der Waals surface area contributed by atoms with Gasteiger partial charge in [0.25, 0.3) is 0 Å². The van der Waals surface area contributed by atoms with E-state index in [1.54, 1.807) is 0 Å². The number of furan rings is 1. The van der Waals surface area contributed by atoms with Crippen LogP contribution in [0.15, 0.2) is 34.7 Å². The van der Waals surface area contributed by atoms with Crippen LogP contribution in [0.1, 0.15) is 34.3 Å². The first-order chi connectivity index (χ1) is 8.60. The monoisotopic (exact) mass is 244 g/mol. The standard InChI is InChI=1S/C15H20N2O/c1-10-4-6-13(8-11(10)2)9-14(17-16)15-7-5-12(3)18-15/h4-8,14,17H,9,16H2,1-3H3. The number of aryl methyl sites for hydroxylation is 3. The molecule has 1 atom stereocenters. The highest BCUT2D eigenvalue weighted by Gasteiger charge is 2.14. The molecule has 0 fully saturated rings. The third-order valence-corrected chi connectivity index (χ3v) is 3.32. The van der Waals surface area contributed by atoms with Crippen LogP contribution in [0.2, 0.25) is 0 Å². The molecular formula is C15H20N2O. The highest BCUT2D eigenvalue weighted by Crippen LogP contribution is 2.21. The van der Waals surface area contributed by atoms with E-state index in [-0.39, 0.29) is 6.04 Å². The molecule has 3 nitrogen and oxygen atoms in total. The number of hydrazine groups is 1. The van der Waals surface area contributed by atoms with Crippen LogP contribution < -0.4 is 11.3 Å². The summed E-state index contributed by atoms with van der Waals surface area (Å²) in [6.07, 6.45) is 0.824. The maximum atomic E-state index is 5.62. The zero-order valence-electron chi connectivity index (χ0n) is 11.2. The van der Waals surface area contributed by atoms with Gasteiger partial charge < -0.3 is 4.42 Å². The molecule has 96 valence electrons. The normalized spacial score (nSPS) is 12.7. The van der Waals surface area contributed by atoms with Crippen molar-refractivity contribution in [3.05, 3.63) is 58.5 Å². The molecule has 0 spiro atoms. The van der Waals surface area contributed by atoms with Crippen molar-refractivity contribution in [1.29, 1.82) is 0 Å². The molecule has 0 amide bonds. The average molecular weight is 244 g/mol. The van der Waals surface area contributed by atoms with Gasteiger partial charge in [0.2, 0.25) is 0 Å². The minimum absolute atomic E-state index is 0.0146. The second-order valence-electron chi connectivity index (χ2n) is 4.79. The molecule has 3 heteroatoms. The first-order valence-corrected chi connectivity index (χ1v) is 6.18. The van der Waals surface area contributed by atoms with E-state index in [0.29, 0.717) is 0 Å². The number of hydrogen-bond acceptors (Lipinski definition) is 3. The fourth-order valence-corrected chi connectivity index (χ4v) is 2.05. The van der Waals surface area contributed by atoms with Crippen LogP contribution in [-0.2, 0) is 6.42 Å². The first kappa shape index (κ1) is 12.9. The van der Waals surface area contributed by atoms with E-state index >= 15 is 0 Å². The summed E-state index contributed by atoms with van der Waals surface area (Å²) in [5, 5.41) is 0. The Balaban J connectivity index is 2.17. The number of nitrogens with two attached hydrogens (primary N) is 1. The predicted octanol–water partition coefficient (Wildman–Crippen LogP) is 2.95. The van der Waals surface area contributed by atoms with E-state index in [0.717, 1.165) is 17.9 Å². The average Bonchev–Trinajstić information content (AvgIpc) is 2.77. The summed E-state index contributed by atoms with van der Waals surface area (Å²) in [5.41, 5.74) is 6.69. The van der Waals surface area contributed by atoms with Crippen molar-refractivity contribution in [3.63, 3.8) is 0 Å². The van der Waals surface area contributed by atoms with Crippen molar-refractivity contribution < 1.29 is 4.42 Å². The quantitative estimate of drug-likeness (QED) is 0.642. The Morgan fingerprint density at radius 3 is 2.44 bits per heavy atom. The van der Waals surface area contributed by atoms with Crippen LogP contribution in [0.3, 0.4) is 0 Å². The Bertz CT molecular complexity index is 531. The Morgan fingerprint density at radius 2 is 1.89 bits per heavy atom. The van der Waals surface area contributed by atoms with Crippen molar-refractivity contribution in [2.24, 2.45) is 5.84 Å². The van der Waals surface area contributed by atoms with Gasteiger partial charge in [-0.05, 0) is 56.0 Å². The second-order valence-corrected chi connectivity index (χ2v) is 4.79. The molecule has 0 saturated heterocycles. The Kier molecular flexibility index (Phi) is 3.84. The molecule has 1 aromatic carbocycles. The minimum atomic E-state index is 0.0146. The molecule has 0 aliphatic carbocycles. The van der Waals surface area contributed by atoms with Gasteiger partial charge in [-0.15, -0.1) is 0 Å². The highest BCUT2D eigenvalue weighted by molar-refractivity contribution is 5.31. The summed E-state index contributed by atoms with van der Waals surface area (Å²) in [6.45, 7) is 6.18. The van der Waals surface area contributed by atoms with Crippen LogP contribution in [0.5, 0.6) is 0 Å². The molecule has 2 rings (SSSR count). The van der Waals surface area contributed by atoms with Gasteiger partial charge in [-0.25, -0.2) is 5.43 Å². The van der Waals surface area contributed by atoms with Crippen molar-refractivity contribution in [2.45, 2.75) is 33.2 Å². The van der Waals surface area contributed by atoms with Crippen molar-refractivity contribution in [1.82, 2.24) is 5.43 Å². The van der Waals surface area contributed by atoms with Gasteiger partial charge in [0.15, 0.2) is 0 Å². The maximum Gasteiger partial charge on any atom is 0.122 e. The number of benzene rings is 1. The lowest BCUT2D eigenvalue weighted by Gasteiger charge is -2.14. The van der Waals surface area contributed by atoms with Crippen LogP contribution in [0.4, 0.5) is 0 Å². The molecule has 0 bridgehead atoms. The molecule has 2 aromatic rings. The molecule has 0 aliphatic rings. The largest absolute Gasteiger partial charge is 0.465 e. The molecule has 3 N–H and O–H groups in total. The first-order valence-electron chi connectivity index (χ1n) is 6.18. The maximum absolute atomic E-state index is 5.62. The Hall–Kier alpha value is -1.58. The summed E-state index contributed by atoms with van der Waals surface area (Å²) in [4.78, 5) is 0. The second kappa shape index (κ2) is 5.38. The van der Waals surface area contributed by atoms with Crippen LogP contribution in [-0.4, -0.2) is 0 Å². The minimum Gasteiger partial charge on any atom is -0.465 e. The van der Waals surface area contributed by atoms with E-state index in [1.807, 2.05) is 19.1 Å². The third-order valence-electron chi connectivity index (χ3n) is 3.32. The van der Waals surface area contributed by atoms with E-state index in [2.05, 4.69) is 37.5 Å². The Morgan fingerprint density at radius 1 is 1.11 bits per heavy atom. The molecule has 0 aliphatic heterocycles. The summed E-state index contributed by atoms with van der Waals surface area (Å²) in [6, 6.07) is 10.4. The molecule has 1 heterocycles. The fourth-order valence-electron chi connectivity index (χ4n) is 2.05. The number of nitrogens with one attached hydrogen (secondary N) is 1. The van der Waals surface area contributed by atoms with Gasteiger partial charge in [-0.2, -0.15) is 0 Å². The van der Waals surface area contributed by atoms with Crippen molar-refractivity contribution in [3.8, 4) is 0 Å². The summed E-state index contributed by atoms with van der Waals surface area (Å²) < 4.78 is 5.62. The number of rotatable bonds is 4. The summed E-state index contributed by atoms with van der Waals surface area (Å²) in [7, 11) is 0. The van der Waals surface area contributed by atoms with Gasteiger partial charge in [-0.1, -0.05) is 18.2 Å². The van der Waals surface area contributed by atoms with Gasteiger partial charge in [0, 0.05) is 0 Å². The molecule has 1 unspecified atom stereocenters. The van der Waals surface area contributed by atoms with Crippen LogP contribution in [0.25, 0.3) is 0 Å². The SMILES string of the molecule is Cc1ccc(C(Cc2ccc(C)c(C)c2)NN)o1. The molecule has 0 radical (unpaired) electrons. The summed E-state index contributed by atoms with van der Waals surface area (Å²) >= 11 is 0. The third kappa shape index (κ3) is 2.81. The lowest BCUT2D eigenvalue weighted by Crippen LogP contribution is -2.29. The van der Waals surface area contributed by atoms with E-state index in [9.17, 15) is 0 Å². The molecule has 18 heavy (non-hydrogen) atoms. The molecule has 0 saturated carbocycles. The van der Waals surface area contributed by atoms with Crippen molar-refractivity contribution >= 4 is 0 Å². The molecule has 1 aromatic heterocycles. The van der Waals surface area contributed by atoms with Crippen LogP contribution in [0, 0.1) is 20.8 Å². The van der Waals surface area contributed by atoms with E-state index in [1.165, 1.54) is 16.7 Å². The summed E-state index contributed by atoms with van der Waals surface area (Å²) in [5.74, 6) is 7.41. The fraction of sp³-hybridized carbons (Fsp3) is 0.333. The lowest BCUT2D eigenvalue weighted by molar-refractivity contribution is 0.403. The number of hydrogen-bond donors (Lipinski definition) is 2. The van der Waals surface area contributed by atoms with E-state index < -0.39 is 0 Å².